The number of rotatable bonds is 6. The van der Waals surface area contributed by atoms with Crippen LogP contribution in [-0.4, -0.2) is 55.7 Å². The summed E-state index contributed by atoms with van der Waals surface area (Å²) in [7, 11) is 0. The summed E-state index contributed by atoms with van der Waals surface area (Å²) in [5.74, 6) is 1.30. The van der Waals surface area contributed by atoms with Gasteiger partial charge in [0.1, 0.15) is 23.7 Å². The molecule has 3 aromatic rings. The zero-order valence-corrected chi connectivity index (χ0v) is 18.2. The highest BCUT2D eigenvalue weighted by Gasteiger charge is 2.16. The van der Waals surface area contributed by atoms with Crippen molar-refractivity contribution in [3.05, 3.63) is 63.5 Å². The summed E-state index contributed by atoms with van der Waals surface area (Å²) in [6.45, 7) is 11.0. The predicted molar refractivity (Wildman–Crippen MR) is 122 cm³/mol. The average Bonchev–Trinajstić information content (AvgIpc) is 2.75. The zero-order valence-electron chi connectivity index (χ0n) is 17.5. The number of hydrogen-bond donors (Lipinski definition) is 0. The van der Waals surface area contributed by atoms with Crippen LogP contribution < -0.4 is 10.2 Å². The van der Waals surface area contributed by atoms with E-state index >= 15 is 0 Å². The molecule has 0 atom stereocenters. The van der Waals surface area contributed by atoms with Crippen molar-refractivity contribution in [3.8, 4) is 16.9 Å². The van der Waals surface area contributed by atoms with E-state index in [1.54, 1.807) is 18.2 Å². The molecule has 0 N–H and O–H groups in total. The predicted octanol–water partition coefficient (Wildman–Crippen LogP) is 4.44. The third-order valence-electron chi connectivity index (χ3n) is 5.76. The second-order valence-electron chi connectivity index (χ2n) is 7.65. The highest BCUT2D eigenvalue weighted by molar-refractivity contribution is 6.30. The molecule has 0 radical (unpaired) electrons. The lowest BCUT2D eigenvalue weighted by molar-refractivity contribution is 0.121. The van der Waals surface area contributed by atoms with Gasteiger partial charge in [-0.05, 0) is 43.3 Å². The average molecular weight is 427 g/mol. The molecule has 1 fully saturated rings. The van der Waals surface area contributed by atoms with Gasteiger partial charge < -0.3 is 14.1 Å². The fourth-order valence-corrected chi connectivity index (χ4v) is 4.07. The van der Waals surface area contributed by atoms with Crippen molar-refractivity contribution < 1.29 is 9.15 Å². The van der Waals surface area contributed by atoms with Gasteiger partial charge in [-0.1, -0.05) is 30.7 Å². The van der Waals surface area contributed by atoms with Gasteiger partial charge in [-0.3, -0.25) is 9.69 Å². The minimum Gasteiger partial charge on any atom is -0.492 e. The number of halogens is 1. The van der Waals surface area contributed by atoms with Crippen LogP contribution in [-0.2, 0) is 0 Å². The van der Waals surface area contributed by atoms with Crippen LogP contribution in [0.15, 0.2) is 51.7 Å². The van der Waals surface area contributed by atoms with Crippen molar-refractivity contribution in [3.63, 3.8) is 0 Å². The smallest absolute Gasteiger partial charge is 0.200 e. The first-order chi connectivity index (χ1) is 14.5. The number of fused-ring (bicyclic) bond motifs is 1. The molecule has 4 rings (SSSR count). The van der Waals surface area contributed by atoms with Crippen molar-refractivity contribution in [2.45, 2.75) is 13.8 Å². The molecule has 1 aliphatic rings. The van der Waals surface area contributed by atoms with Gasteiger partial charge in [0.2, 0.25) is 5.43 Å². The molecular weight excluding hydrogens is 400 g/mol. The van der Waals surface area contributed by atoms with Crippen molar-refractivity contribution in [1.82, 2.24) is 9.80 Å². The number of nitrogens with zero attached hydrogens (tertiary/aromatic N) is 2. The van der Waals surface area contributed by atoms with Gasteiger partial charge in [-0.15, -0.1) is 0 Å². The largest absolute Gasteiger partial charge is 0.492 e. The van der Waals surface area contributed by atoms with Crippen molar-refractivity contribution >= 4 is 22.6 Å². The van der Waals surface area contributed by atoms with E-state index in [0.29, 0.717) is 33.9 Å². The van der Waals surface area contributed by atoms with E-state index in [2.05, 4.69) is 16.7 Å². The van der Waals surface area contributed by atoms with Crippen LogP contribution in [0.1, 0.15) is 12.7 Å². The highest BCUT2D eigenvalue weighted by atomic mass is 35.5. The SMILES string of the molecule is CCN1CCN(CCOc2ccc3c(=O)c(-c4ccc(Cl)cc4)c(C)oc3c2)CC1. The highest BCUT2D eigenvalue weighted by Crippen LogP contribution is 2.27. The summed E-state index contributed by atoms with van der Waals surface area (Å²) >= 11 is 5.97. The molecule has 5 nitrogen and oxygen atoms in total. The summed E-state index contributed by atoms with van der Waals surface area (Å²) in [5, 5.41) is 1.18. The number of benzene rings is 2. The van der Waals surface area contributed by atoms with E-state index in [1.807, 2.05) is 31.2 Å². The summed E-state index contributed by atoms with van der Waals surface area (Å²) in [5.41, 5.74) is 1.87. The first-order valence-electron chi connectivity index (χ1n) is 10.5. The van der Waals surface area contributed by atoms with E-state index in [4.69, 9.17) is 20.8 Å². The molecule has 0 amide bonds. The molecule has 2 heterocycles. The van der Waals surface area contributed by atoms with Crippen LogP contribution >= 0.6 is 11.6 Å². The third kappa shape index (κ3) is 4.53. The molecule has 6 heteroatoms. The minimum absolute atomic E-state index is 0.0450. The normalized spacial score (nSPS) is 15.6. The summed E-state index contributed by atoms with van der Waals surface area (Å²) in [6.07, 6.45) is 0. The van der Waals surface area contributed by atoms with Gasteiger partial charge in [-0.2, -0.15) is 0 Å². The van der Waals surface area contributed by atoms with Crippen molar-refractivity contribution in [2.24, 2.45) is 0 Å². The Kier molecular flexibility index (Phi) is 6.42. The Morgan fingerprint density at radius 1 is 1.03 bits per heavy atom. The Labute approximate surface area is 181 Å². The molecule has 1 aromatic heterocycles. The van der Waals surface area contributed by atoms with E-state index < -0.39 is 0 Å². The molecule has 0 unspecified atom stereocenters. The second-order valence-corrected chi connectivity index (χ2v) is 8.09. The standard InChI is InChI=1S/C24H27ClN2O3/c1-3-26-10-12-27(13-11-26)14-15-29-20-8-9-21-22(16-20)30-17(2)23(24(21)28)18-4-6-19(25)7-5-18/h4-9,16H,3,10-15H2,1-2H3. The Morgan fingerprint density at radius 2 is 1.73 bits per heavy atom. The molecule has 0 aliphatic carbocycles. The van der Waals surface area contributed by atoms with Gasteiger partial charge in [0.25, 0.3) is 0 Å². The minimum atomic E-state index is -0.0450. The molecule has 0 saturated carbocycles. The monoisotopic (exact) mass is 426 g/mol. The molecule has 2 aromatic carbocycles. The second kappa shape index (κ2) is 9.21. The van der Waals surface area contributed by atoms with E-state index in [1.165, 1.54) is 0 Å². The lowest BCUT2D eigenvalue weighted by atomic mass is 10.0. The number of ether oxygens (including phenoxy) is 1. The van der Waals surface area contributed by atoms with Crippen LogP contribution in [0, 0.1) is 6.92 Å². The lowest BCUT2D eigenvalue weighted by Gasteiger charge is -2.33. The topological polar surface area (TPSA) is 45.9 Å². The number of aryl methyl sites for hydroxylation is 1. The van der Waals surface area contributed by atoms with E-state index in [9.17, 15) is 4.79 Å². The van der Waals surface area contributed by atoms with Gasteiger partial charge >= 0.3 is 0 Å². The maximum atomic E-state index is 13.1. The van der Waals surface area contributed by atoms with Crippen LogP contribution in [0.25, 0.3) is 22.1 Å². The first-order valence-corrected chi connectivity index (χ1v) is 10.8. The number of piperazine rings is 1. The summed E-state index contributed by atoms with van der Waals surface area (Å²) < 4.78 is 11.9. The quantitative estimate of drug-likeness (QED) is 0.583. The molecule has 158 valence electrons. The first kappa shape index (κ1) is 20.9. The number of likely N-dealkylation sites (N-methyl/N-ethyl adjacent to an activating group) is 1. The molecule has 1 saturated heterocycles. The third-order valence-corrected chi connectivity index (χ3v) is 6.01. The van der Waals surface area contributed by atoms with Crippen LogP contribution in [0.3, 0.4) is 0 Å². The van der Waals surface area contributed by atoms with Crippen LogP contribution in [0.4, 0.5) is 0 Å². The fourth-order valence-electron chi connectivity index (χ4n) is 3.95. The van der Waals surface area contributed by atoms with Crippen LogP contribution in [0.5, 0.6) is 5.75 Å². The molecule has 0 bridgehead atoms. The van der Waals surface area contributed by atoms with Crippen molar-refractivity contribution in [1.29, 1.82) is 0 Å². The summed E-state index contributed by atoms with van der Waals surface area (Å²) in [6, 6.07) is 12.7. The lowest BCUT2D eigenvalue weighted by Crippen LogP contribution is -2.47. The van der Waals surface area contributed by atoms with Gasteiger partial charge in [0.15, 0.2) is 0 Å². The van der Waals surface area contributed by atoms with Gasteiger partial charge in [0.05, 0.1) is 10.9 Å². The molecule has 30 heavy (non-hydrogen) atoms. The molecule has 1 aliphatic heterocycles. The molecule has 0 spiro atoms. The van der Waals surface area contributed by atoms with Crippen molar-refractivity contribution in [2.75, 3.05) is 45.9 Å². The fraction of sp³-hybridized carbons (Fsp3) is 0.375. The summed E-state index contributed by atoms with van der Waals surface area (Å²) in [4.78, 5) is 18.0. The van der Waals surface area contributed by atoms with E-state index in [-0.39, 0.29) is 5.43 Å². The molecular formula is C24H27ClN2O3. The maximum Gasteiger partial charge on any atom is 0.200 e. The van der Waals surface area contributed by atoms with Gasteiger partial charge in [0, 0.05) is 43.8 Å². The Bertz CT molecular complexity index is 1070. The van der Waals surface area contributed by atoms with E-state index in [0.717, 1.165) is 50.6 Å². The van der Waals surface area contributed by atoms with Gasteiger partial charge in [-0.25, -0.2) is 0 Å². The Morgan fingerprint density at radius 3 is 2.43 bits per heavy atom. The number of hydrogen-bond acceptors (Lipinski definition) is 5. The maximum absolute atomic E-state index is 13.1. The Hall–Kier alpha value is -2.34. The van der Waals surface area contributed by atoms with Crippen LogP contribution in [0.2, 0.25) is 5.02 Å². The zero-order chi connectivity index (χ0) is 21.1. The Balaban J connectivity index is 1.47.